The molecular weight excluding hydrogens is 456 g/mol. The number of hydrogen-bond acceptors (Lipinski definition) is 5. The lowest BCUT2D eigenvalue weighted by Gasteiger charge is -2.31. The van der Waals surface area contributed by atoms with E-state index in [1.54, 1.807) is 50.8 Å². The zero-order valence-corrected chi connectivity index (χ0v) is 20.1. The second kappa shape index (κ2) is 9.30. The molecule has 8 heteroatoms. The fraction of sp³-hybridized carbons (Fsp3) is 0.214. The molecule has 36 heavy (non-hydrogen) atoms. The Morgan fingerprint density at radius 2 is 1.72 bits per heavy atom. The number of carbonyl (C=O) groups is 3. The second-order valence-corrected chi connectivity index (χ2v) is 8.86. The van der Waals surface area contributed by atoms with Gasteiger partial charge in [-0.3, -0.25) is 14.5 Å². The predicted molar refractivity (Wildman–Crippen MR) is 134 cm³/mol. The Morgan fingerprint density at radius 3 is 2.44 bits per heavy atom. The number of rotatable bonds is 7. The van der Waals surface area contributed by atoms with E-state index in [4.69, 9.17) is 4.74 Å². The number of carbonyl (C=O) groups excluding carboxylic acids is 3. The van der Waals surface area contributed by atoms with Gasteiger partial charge in [0.2, 0.25) is 0 Å². The van der Waals surface area contributed by atoms with Crippen LogP contribution >= 0.6 is 0 Å². The standard InChI is InChI=1S/C28H26N4O4/c1-28(24-10-5-8-20-7-3-4-9-23(20)24)26(34)31(17-6-16-30-18-15-29-19-30)27(35)32(28)25(33)21-11-13-22(36-2)14-12-21/h3-5,7-15,18-19H,6,16-17H2,1-2H3. The first-order valence-electron chi connectivity index (χ1n) is 11.7. The monoisotopic (exact) mass is 482 g/mol. The quantitative estimate of drug-likeness (QED) is 0.363. The van der Waals surface area contributed by atoms with E-state index in [1.165, 1.54) is 4.90 Å². The van der Waals surface area contributed by atoms with E-state index < -0.39 is 23.4 Å². The molecular formula is C28H26N4O4. The molecule has 2 heterocycles. The largest absolute Gasteiger partial charge is 0.497 e. The molecule has 0 radical (unpaired) electrons. The molecule has 1 fully saturated rings. The van der Waals surface area contributed by atoms with Crippen LogP contribution in [0, 0.1) is 0 Å². The van der Waals surface area contributed by atoms with Crippen LogP contribution in [0.25, 0.3) is 10.8 Å². The summed E-state index contributed by atoms with van der Waals surface area (Å²) in [4.78, 5) is 47.9. The van der Waals surface area contributed by atoms with Gasteiger partial charge in [0, 0.05) is 31.0 Å². The average Bonchev–Trinajstić information content (AvgIpc) is 3.49. The normalized spacial score (nSPS) is 17.7. The highest BCUT2D eigenvalue weighted by Gasteiger charge is 2.58. The third kappa shape index (κ3) is 3.80. The smallest absolute Gasteiger partial charge is 0.334 e. The van der Waals surface area contributed by atoms with Crippen molar-refractivity contribution in [1.82, 2.24) is 19.4 Å². The number of hydrogen-bond donors (Lipinski definition) is 0. The van der Waals surface area contributed by atoms with E-state index >= 15 is 0 Å². The van der Waals surface area contributed by atoms with Gasteiger partial charge in [0.25, 0.3) is 11.8 Å². The Labute approximate surface area is 208 Å². The maximum Gasteiger partial charge on any atom is 0.334 e. The zero-order chi connectivity index (χ0) is 25.3. The molecule has 0 aliphatic carbocycles. The average molecular weight is 483 g/mol. The molecule has 1 aliphatic heterocycles. The summed E-state index contributed by atoms with van der Waals surface area (Å²) in [5.41, 5.74) is -0.606. The van der Waals surface area contributed by atoms with Gasteiger partial charge in [-0.2, -0.15) is 0 Å². The topological polar surface area (TPSA) is 84.7 Å². The molecule has 4 amide bonds. The van der Waals surface area contributed by atoms with E-state index in [-0.39, 0.29) is 6.54 Å². The highest BCUT2D eigenvalue weighted by Crippen LogP contribution is 2.41. The molecule has 1 aromatic heterocycles. The third-order valence-corrected chi connectivity index (χ3v) is 6.74. The van der Waals surface area contributed by atoms with Crippen LogP contribution in [0.5, 0.6) is 5.75 Å². The first kappa shape index (κ1) is 23.3. The van der Waals surface area contributed by atoms with Gasteiger partial charge >= 0.3 is 6.03 Å². The lowest BCUT2D eigenvalue weighted by Crippen LogP contribution is -2.47. The second-order valence-electron chi connectivity index (χ2n) is 8.86. The van der Waals surface area contributed by atoms with Gasteiger partial charge in [-0.15, -0.1) is 0 Å². The van der Waals surface area contributed by atoms with E-state index in [1.807, 2.05) is 53.2 Å². The lowest BCUT2D eigenvalue weighted by atomic mass is 9.86. The molecule has 3 aromatic carbocycles. The molecule has 0 bridgehead atoms. The number of aryl methyl sites for hydroxylation is 1. The Balaban J connectivity index is 1.57. The molecule has 1 unspecified atom stereocenters. The van der Waals surface area contributed by atoms with Crippen LogP contribution in [-0.4, -0.2) is 50.9 Å². The summed E-state index contributed by atoms with van der Waals surface area (Å²) in [5, 5.41) is 1.74. The fourth-order valence-corrected chi connectivity index (χ4v) is 4.82. The first-order valence-corrected chi connectivity index (χ1v) is 11.7. The van der Waals surface area contributed by atoms with E-state index in [0.29, 0.717) is 29.8 Å². The van der Waals surface area contributed by atoms with Crippen molar-refractivity contribution >= 4 is 28.6 Å². The minimum atomic E-state index is -1.51. The summed E-state index contributed by atoms with van der Waals surface area (Å²) in [6.07, 6.45) is 5.73. The van der Waals surface area contributed by atoms with Gasteiger partial charge in [-0.1, -0.05) is 42.5 Å². The van der Waals surface area contributed by atoms with Crippen LogP contribution in [0.15, 0.2) is 85.5 Å². The van der Waals surface area contributed by atoms with Crippen molar-refractivity contribution in [2.45, 2.75) is 25.4 Å². The number of fused-ring (bicyclic) bond motifs is 1. The van der Waals surface area contributed by atoms with Crippen LogP contribution in [-0.2, 0) is 16.9 Å². The number of benzene rings is 3. The van der Waals surface area contributed by atoms with Gasteiger partial charge < -0.3 is 9.30 Å². The molecule has 0 N–H and O–H groups in total. The SMILES string of the molecule is COc1ccc(C(=O)N2C(=O)N(CCCn3ccnc3)C(=O)C2(C)c2cccc3ccccc23)cc1. The van der Waals surface area contributed by atoms with E-state index in [0.717, 1.165) is 15.7 Å². The predicted octanol–water partition coefficient (Wildman–Crippen LogP) is 4.46. The van der Waals surface area contributed by atoms with Crippen LogP contribution in [0.2, 0.25) is 0 Å². The van der Waals surface area contributed by atoms with Crippen molar-refractivity contribution in [2.24, 2.45) is 0 Å². The summed E-state index contributed by atoms with van der Waals surface area (Å²) in [5.74, 6) is -0.367. The Hall–Kier alpha value is -4.46. The summed E-state index contributed by atoms with van der Waals surface area (Å²) >= 11 is 0. The summed E-state index contributed by atoms with van der Waals surface area (Å²) in [7, 11) is 1.54. The van der Waals surface area contributed by atoms with E-state index in [2.05, 4.69) is 4.98 Å². The Morgan fingerprint density at radius 1 is 0.972 bits per heavy atom. The molecule has 182 valence electrons. The molecule has 5 rings (SSSR count). The number of nitrogens with zero attached hydrogens (tertiary/aromatic N) is 4. The summed E-state index contributed by atoms with van der Waals surface area (Å²) in [6, 6.07) is 19.2. The van der Waals surface area contributed by atoms with Crippen LogP contribution in [0.4, 0.5) is 4.79 Å². The van der Waals surface area contributed by atoms with E-state index in [9.17, 15) is 14.4 Å². The number of imide groups is 2. The van der Waals surface area contributed by atoms with Crippen molar-refractivity contribution in [3.63, 3.8) is 0 Å². The maximum atomic E-state index is 14.0. The molecule has 1 saturated heterocycles. The van der Waals surface area contributed by atoms with Crippen LogP contribution < -0.4 is 4.74 Å². The first-order chi connectivity index (χ1) is 17.4. The number of aromatic nitrogens is 2. The molecule has 8 nitrogen and oxygen atoms in total. The van der Waals surface area contributed by atoms with Crippen LogP contribution in [0.3, 0.4) is 0 Å². The highest BCUT2D eigenvalue weighted by molar-refractivity contribution is 6.18. The van der Waals surface area contributed by atoms with Gasteiger partial charge in [-0.05, 0) is 53.9 Å². The van der Waals surface area contributed by atoms with Crippen molar-refractivity contribution < 1.29 is 19.1 Å². The lowest BCUT2D eigenvalue weighted by molar-refractivity contribution is -0.132. The van der Waals surface area contributed by atoms with Gasteiger partial charge in [0.1, 0.15) is 5.75 Å². The molecule has 1 aliphatic rings. The van der Waals surface area contributed by atoms with Crippen molar-refractivity contribution in [2.75, 3.05) is 13.7 Å². The number of urea groups is 1. The highest BCUT2D eigenvalue weighted by atomic mass is 16.5. The maximum absolute atomic E-state index is 14.0. The van der Waals surface area contributed by atoms with Crippen molar-refractivity contribution in [3.8, 4) is 5.75 Å². The van der Waals surface area contributed by atoms with Gasteiger partial charge in [-0.25, -0.2) is 14.7 Å². The third-order valence-electron chi connectivity index (χ3n) is 6.74. The fourth-order valence-electron chi connectivity index (χ4n) is 4.82. The number of imidazole rings is 1. The van der Waals surface area contributed by atoms with Crippen molar-refractivity contribution in [3.05, 3.63) is 96.6 Å². The molecule has 0 saturated carbocycles. The summed E-state index contributed by atoms with van der Waals surface area (Å²) in [6.45, 7) is 2.43. The zero-order valence-electron chi connectivity index (χ0n) is 20.1. The molecule has 0 spiro atoms. The molecule has 1 atom stereocenters. The Bertz CT molecular complexity index is 1430. The minimum Gasteiger partial charge on any atom is -0.497 e. The van der Waals surface area contributed by atoms with Gasteiger partial charge in [0.05, 0.1) is 13.4 Å². The van der Waals surface area contributed by atoms with Gasteiger partial charge in [0.15, 0.2) is 5.54 Å². The van der Waals surface area contributed by atoms with Crippen LogP contribution in [0.1, 0.15) is 29.3 Å². The number of amides is 4. The number of methoxy groups -OCH3 is 1. The minimum absolute atomic E-state index is 0.183. The molecule has 4 aromatic rings. The Kier molecular flexibility index (Phi) is 6.01. The number of ether oxygens (including phenoxy) is 1. The van der Waals surface area contributed by atoms with Crippen molar-refractivity contribution in [1.29, 1.82) is 0 Å². The summed E-state index contributed by atoms with van der Waals surface area (Å²) < 4.78 is 7.09.